The maximum absolute atomic E-state index is 11.7. The zero-order chi connectivity index (χ0) is 13.8. The van der Waals surface area contributed by atoms with E-state index < -0.39 is 26.7 Å². The van der Waals surface area contributed by atoms with E-state index in [4.69, 9.17) is 5.11 Å². The molecule has 0 radical (unpaired) electrons. The van der Waals surface area contributed by atoms with Gasteiger partial charge in [-0.3, -0.25) is 10.1 Å². The fourth-order valence-corrected chi connectivity index (χ4v) is 2.83. The Labute approximate surface area is 105 Å². The van der Waals surface area contributed by atoms with Gasteiger partial charge in [-0.15, -0.1) is 0 Å². The zero-order valence-corrected chi connectivity index (χ0v) is 10.6. The van der Waals surface area contributed by atoms with E-state index in [0.29, 0.717) is 0 Å². The molecule has 0 bridgehead atoms. The molecular formula is C10H14N2O5S. The molecule has 0 aliphatic heterocycles. The number of para-hydroxylation sites is 1. The first-order chi connectivity index (χ1) is 8.35. The summed E-state index contributed by atoms with van der Waals surface area (Å²) in [7, 11) is -3.72. The molecule has 0 saturated carbocycles. The molecule has 1 rings (SSSR count). The lowest BCUT2D eigenvalue weighted by Gasteiger charge is -2.11. The first-order valence-electron chi connectivity index (χ1n) is 5.19. The Morgan fingerprint density at radius 3 is 2.61 bits per heavy atom. The number of nitrogens with one attached hydrogen (secondary N) is 1. The summed E-state index contributed by atoms with van der Waals surface area (Å²) >= 11 is 0. The van der Waals surface area contributed by atoms with Crippen molar-refractivity contribution < 1.29 is 18.4 Å². The number of benzene rings is 1. The number of sulfonamides is 1. The number of nitro groups is 1. The summed E-state index contributed by atoms with van der Waals surface area (Å²) in [6.45, 7) is 1.16. The molecule has 18 heavy (non-hydrogen) atoms. The van der Waals surface area contributed by atoms with Gasteiger partial charge in [-0.05, 0) is 6.92 Å². The second-order valence-corrected chi connectivity index (χ2v) is 5.60. The van der Waals surface area contributed by atoms with Gasteiger partial charge >= 0.3 is 0 Å². The van der Waals surface area contributed by atoms with Crippen LogP contribution in [0.5, 0.6) is 0 Å². The van der Waals surface area contributed by atoms with Gasteiger partial charge < -0.3 is 5.11 Å². The molecule has 0 amide bonds. The third-order valence-electron chi connectivity index (χ3n) is 2.19. The standard InChI is InChI=1S/C10H14N2O5S/c1-8(6-13)11-18(16,17)7-9-4-2-3-5-10(9)12(14)15/h2-5,8,11,13H,6-7H2,1H3/t8-/m1/s1. The van der Waals surface area contributed by atoms with Gasteiger partial charge in [0.05, 0.1) is 17.3 Å². The second-order valence-electron chi connectivity index (χ2n) is 3.85. The summed E-state index contributed by atoms with van der Waals surface area (Å²) in [4.78, 5) is 10.1. The topological polar surface area (TPSA) is 110 Å². The fourth-order valence-electron chi connectivity index (χ4n) is 1.40. The highest BCUT2D eigenvalue weighted by Crippen LogP contribution is 2.19. The Bertz CT molecular complexity index is 529. The van der Waals surface area contributed by atoms with Crippen molar-refractivity contribution in [3.63, 3.8) is 0 Å². The highest BCUT2D eigenvalue weighted by atomic mass is 32.2. The summed E-state index contributed by atoms with van der Waals surface area (Å²) in [5.74, 6) is -0.492. The lowest BCUT2D eigenvalue weighted by molar-refractivity contribution is -0.385. The van der Waals surface area contributed by atoms with Crippen LogP contribution in [0, 0.1) is 10.1 Å². The molecule has 1 atom stereocenters. The summed E-state index contributed by atoms with van der Waals surface area (Å²) < 4.78 is 25.6. The maximum Gasteiger partial charge on any atom is 0.273 e. The van der Waals surface area contributed by atoms with Gasteiger partial charge in [0.2, 0.25) is 10.0 Å². The van der Waals surface area contributed by atoms with E-state index in [2.05, 4.69) is 4.72 Å². The minimum Gasteiger partial charge on any atom is -0.395 e. The monoisotopic (exact) mass is 274 g/mol. The SMILES string of the molecule is C[C@H](CO)NS(=O)(=O)Cc1ccccc1[N+](=O)[O-]. The van der Waals surface area contributed by atoms with Crippen LogP contribution >= 0.6 is 0 Å². The van der Waals surface area contributed by atoms with E-state index in [9.17, 15) is 18.5 Å². The van der Waals surface area contributed by atoms with Crippen LogP contribution in [0.3, 0.4) is 0 Å². The Morgan fingerprint density at radius 2 is 2.06 bits per heavy atom. The number of rotatable bonds is 6. The van der Waals surface area contributed by atoms with Crippen LogP contribution in [0.4, 0.5) is 5.69 Å². The van der Waals surface area contributed by atoms with Crippen LogP contribution < -0.4 is 4.72 Å². The van der Waals surface area contributed by atoms with E-state index in [1.165, 1.54) is 31.2 Å². The lowest BCUT2D eigenvalue weighted by Crippen LogP contribution is -2.35. The van der Waals surface area contributed by atoms with Crippen LogP contribution in [-0.4, -0.2) is 31.1 Å². The molecule has 0 heterocycles. The van der Waals surface area contributed by atoms with Gasteiger partial charge in [-0.25, -0.2) is 13.1 Å². The molecule has 100 valence electrons. The quantitative estimate of drug-likeness (QED) is 0.576. The molecule has 0 aliphatic carbocycles. The predicted molar refractivity (Wildman–Crippen MR) is 65.4 cm³/mol. The van der Waals surface area contributed by atoms with E-state index in [0.717, 1.165) is 0 Å². The maximum atomic E-state index is 11.7. The highest BCUT2D eigenvalue weighted by Gasteiger charge is 2.20. The molecule has 0 aromatic heterocycles. The number of nitrogens with zero attached hydrogens (tertiary/aromatic N) is 1. The molecule has 7 nitrogen and oxygen atoms in total. The molecule has 0 fully saturated rings. The molecule has 2 N–H and O–H groups in total. The average Bonchev–Trinajstić information content (AvgIpc) is 2.28. The molecule has 8 heteroatoms. The second kappa shape index (κ2) is 5.89. The van der Waals surface area contributed by atoms with Crippen molar-refractivity contribution in [2.24, 2.45) is 0 Å². The molecular weight excluding hydrogens is 260 g/mol. The molecule has 1 aromatic carbocycles. The fraction of sp³-hybridized carbons (Fsp3) is 0.400. The van der Waals surface area contributed by atoms with Gasteiger partial charge in [0, 0.05) is 17.7 Å². The van der Waals surface area contributed by atoms with Crippen molar-refractivity contribution in [2.75, 3.05) is 6.61 Å². The number of aliphatic hydroxyl groups is 1. The third kappa shape index (κ3) is 4.06. The number of hydrogen-bond acceptors (Lipinski definition) is 5. The van der Waals surface area contributed by atoms with E-state index >= 15 is 0 Å². The molecule has 1 aromatic rings. The van der Waals surface area contributed by atoms with Gasteiger partial charge in [0.15, 0.2) is 0 Å². The van der Waals surface area contributed by atoms with E-state index in [-0.39, 0.29) is 17.9 Å². The molecule has 0 saturated heterocycles. The molecule has 0 spiro atoms. The highest BCUT2D eigenvalue weighted by molar-refractivity contribution is 7.88. The van der Waals surface area contributed by atoms with Crippen molar-refractivity contribution in [1.29, 1.82) is 0 Å². The van der Waals surface area contributed by atoms with Gasteiger partial charge in [-0.2, -0.15) is 0 Å². The van der Waals surface area contributed by atoms with Crippen molar-refractivity contribution >= 4 is 15.7 Å². The van der Waals surface area contributed by atoms with Crippen molar-refractivity contribution in [2.45, 2.75) is 18.7 Å². The average molecular weight is 274 g/mol. The zero-order valence-electron chi connectivity index (χ0n) is 9.74. The van der Waals surface area contributed by atoms with E-state index in [1.54, 1.807) is 0 Å². The first kappa shape index (κ1) is 14.6. The van der Waals surface area contributed by atoms with Crippen molar-refractivity contribution in [1.82, 2.24) is 4.72 Å². The Balaban J connectivity index is 2.94. The van der Waals surface area contributed by atoms with E-state index in [1.807, 2.05) is 0 Å². The Hall–Kier alpha value is -1.51. The predicted octanol–water partition coefficient (Wildman–Crippen LogP) is 0.395. The smallest absolute Gasteiger partial charge is 0.273 e. The Kier molecular flexibility index (Phi) is 4.76. The third-order valence-corrected chi connectivity index (χ3v) is 3.64. The van der Waals surface area contributed by atoms with Crippen LogP contribution in [-0.2, 0) is 15.8 Å². The first-order valence-corrected chi connectivity index (χ1v) is 6.84. The summed E-state index contributed by atoms with van der Waals surface area (Å²) in [5, 5.41) is 19.5. The number of nitro benzene ring substituents is 1. The van der Waals surface area contributed by atoms with Gasteiger partial charge in [0.1, 0.15) is 0 Å². The number of aliphatic hydroxyl groups excluding tert-OH is 1. The minimum atomic E-state index is -3.72. The molecule has 0 unspecified atom stereocenters. The Morgan fingerprint density at radius 1 is 1.44 bits per heavy atom. The van der Waals surface area contributed by atoms with Crippen LogP contribution in [0.1, 0.15) is 12.5 Å². The van der Waals surface area contributed by atoms with Crippen LogP contribution in [0.2, 0.25) is 0 Å². The summed E-state index contributed by atoms with van der Waals surface area (Å²) in [6, 6.07) is 5.02. The minimum absolute atomic E-state index is 0.111. The van der Waals surface area contributed by atoms with Gasteiger partial charge in [-0.1, -0.05) is 18.2 Å². The van der Waals surface area contributed by atoms with Crippen LogP contribution in [0.15, 0.2) is 24.3 Å². The largest absolute Gasteiger partial charge is 0.395 e. The van der Waals surface area contributed by atoms with Gasteiger partial charge in [0.25, 0.3) is 5.69 Å². The number of hydrogen-bond donors (Lipinski definition) is 2. The van der Waals surface area contributed by atoms with Crippen molar-refractivity contribution in [3.05, 3.63) is 39.9 Å². The lowest BCUT2D eigenvalue weighted by atomic mass is 10.2. The van der Waals surface area contributed by atoms with Crippen molar-refractivity contribution in [3.8, 4) is 0 Å². The normalized spacial score (nSPS) is 13.2. The van der Waals surface area contributed by atoms with Crippen LogP contribution in [0.25, 0.3) is 0 Å². The molecule has 0 aliphatic rings. The summed E-state index contributed by atoms with van der Waals surface area (Å²) in [6.07, 6.45) is 0. The summed E-state index contributed by atoms with van der Waals surface area (Å²) in [5.41, 5.74) is -0.125.